The van der Waals surface area contributed by atoms with Crippen molar-refractivity contribution in [3.8, 4) is 0 Å². The monoisotopic (exact) mass is 298 g/mol. The fraction of sp³-hybridized carbons (Fsp3) is 0.462. The minimum atomic E-state index is -1.24. The number of nitro groups is 1. The van der Waals surface area contributed by atoms with Crippen LogP contribution in [0.25, 0.3) is 0 Å². The predicted molar refractivity (Wildman–Crippen MR) is 75.6 cm³/mol. The standard InChI is InChI=1S/C13H15ClN2O4/c1-13(4-2-3-5-13)15-11-9(12(17)18)6-8(16(19)20)7-10(11)14/h6-7,15H,2-5H2,1H3,(H,17,18). The molecule has 108 valence electrons. The molecule has 0 atom stereocenters. The molecule has 0 bridgehead atoms. The van der Waals surface area contributed by atoms with Crippen molar-refractivity contribution in [2.45, 2.75) is 38.1 Å². The number of carbonyl (C=O) groups is 1. The third-order valence-electron chi connectivity index (χ3n) is 3.65. The van der Waals surface area contributed by atoms with Gasteiger partial charge in [0.25, 0.3) is 5.69 Å². The predicted octanol–water partition coefficient (Wildman–Crippen LogP) is 3.69. The smallest absolute Gasteiger partial charge is 0.338 e. The van der Waals surface area contributed by atoms with Crippen molar-refractivity contribution < 1.29 is 14.8 Å². The number of nitro benzene ring substituents is 1. The van der Waals surface area contributed by atoms with Crippen LogP contribution in [0.15, 0.2) is 12.1 Å². The maximum absolute atomic E-state index is 11.3. The Kier molecular flexibility index (Phi) is 3.85. The zero-order valence-electron chi connectivity index (χ0n) is 11.0. The molecule has 1 aromatic rings. The summed E-state index contributed by atoms with van der Waals surface area (Å²) in [5.41, 5.74) is -0.453. The lowest BCUT2D eigenvalue weighted by molar-refractivity contribution is -0.384. The highest BCUT2D eigenvalue weighted by Crippen LogP contribution is 2.38. The zero-order valence-corrected chi connectivity index (χ0v) is 11.7. The summed E-state index contributed by atoms with van der Waals surface area (Å²) in [6.45, 7) is 2.00. The van der Waals surface area contributed by atoms with Gasteiger partial charge >= 0.3 is 5.97 Å². The molecule has 20 heavy (non-hydrogen) atoms. The van der Waals surface area contributed by atoms with Gasteiger partial charge in [-0.1, -0.05) is 24.4 Å². The molecule has 0 amide bonds. The Hall–Kier alpha value is -1.82. The van der Waals surface area contributed by atoms with Crippen LogP contribution in [-0.2, 0) is 0 Å². The van der Waals surface area contributed by atoms with Crippen molar-refractivity contribution in [1.29, 1.82) is 0 Å². The molecule has 0 unspecified atom stereocenters. The number of nitrogens with zero attached hydrogens (tertiary/aromatic N) is 1. The molecule has 0 saturated heterocycles. The Bertz CT molecular complexity index is 568. The third kappa shape index (κ3) is 2.85. The van der Waals surface area contributed by atoms with Gasteiger partial charge in [-0.15, -0.1) is 0 Å². The zero-order chi connectivity index (χ0) is 14.9. The van der Waals surface area contributed by atoms with E-state index in [4.69, 9.17) is 11.6 Å². The number of rotatable bonds is 4. The quantitative estimate of drug-likeness (QED) is 0.653. The number of hydrogen-bond donors (Lipinski definition) is 2. The lowest BCUT2D eigenvalue weighted by atomic mass is 9.99. The summed E-state index contributed by atoms with van der Waals surface area (Å²) in [7, 11) is 0. The highest BCUT2D eigenvalue weighted by Gasteiger charge is 2.31. The highest BCUT2D eigenvalue weighted by atomic mass is 35.5. The molecule has 0 heterocycles. The van der Waals surface area contributed by atoms with Crippen LogP contribution >= 0.6 is 11.6 Å². The van der Waals surface area contributed by atoms with Gasteiger partial charge in [0, 0.05) is 17.7 Å². The minimum absolute atomic E-state index is 0.0599. The van der Waals surface area contributed by atoms with Crippen LogP contribution in [0.1, 0.15) is 43.0 Å². The number of carboxylic acids is 1. The van der Waals surface area contributed by atoms with Gasteiger partial charge in [-0.05, 0) is 19.8 Å². The van der Waals surface area contributed by atoms with E-state index >= 15 is 0 Å². The van der Waals surface area contributed by atoms with Crippen molar-refractivity contribution in [1.82, 2.24) is 0 Å². The number of anilines is 1. The van der Waals surface area contributed by atoms with Gasteiger partial charge in [-0.2, -0.15) is 0 Å². The number of halogens is 1. The van der Waals surface area contributed by atoms with E-state index in [0.717, 1.165) is 31.7 Å². The first kappa shape index (κ1) is 14.6. The second-order valence-corrected chi connectivity index (χ2v) is 5.71. The highest BCUT2D eigenvalue weighted by molar-refractivity contribution is 6.34. The average molecular weight is 299 g/mol. The van der Waals surface area contributed by atoms with Gasteiger partial charge in [-0.3, -0.25) is 10.1 Å². The average Bonchev–Trinajstić information content (AvgIpc) is 2.77. The van der Waals surface area contributed by atoms with Crippen LogP contribution < -0.4 is 5.32 Å². The lowest BCUT2D eigenvalue weighted by Gasteiger charge is -2.28. The molecule has 2 rings (SSSR count). The summed E-state index contributed by atoms with van der Waals surface area (Å²) in [6.07, 6.45) is 3.96. The Morgan fingerprint density at radius 2 is 2.05 bits per heavy atom. The van der Waals surface area contributed by atoms with Crippen LogP contribution in [0, 0.1) is 10.1 Å². The number of aromatic carboxylic acids is 1. The van der Waals surface area contributed by atoms with Crippen molar-refractivity contribution >= 4 is 28.9 Å². The Balaban J connectivity index is 2.45. The van der Waals surface area contributed by atoms with Gasteiger partial charge in [0.15, 0.2) is 0 Å². The van der Waals surface area contributed by atoms with Crippen LogP contribution in [-0.4, -0.2) is 21.5 Å². The number of benzene rings is 1. The van der Waals surface area contributed by atoms with Gasteiger partial charge < -0.3 is 10.4 Å². The van der Waals surface area contributed by atoms with Crippen molar-refractivity contribution in [2.75, 3.05) is 5.32 Å². The van der Waals surface area contributed by atoms with Crippen molar-refractivity contribution in [3.63, 3.8) is 0 Å². The molecule has 1 aliphatic carbocycles. The Labute approximate surface area is 120 Å². The van der Waals surface area contributed by atoms with E-state index in [-0.39, 0.29) is 27.5 Å². The van der Waals surface area contributed by atoms with Gasteiger partial charge in [0.05, 0.1) is 21.2 Å². The SMILES string of the molecule is CC1(Nc2c(Cl)cc([N+](=O)[O-])cc2C(=O)O)CCCC1. The molecule has 0 radical (unpaired) electrons. The van der Waals surface area contributed by atoms with Crippen molar-refractivity contribution in [3.05, 3.63) is 32.8 Å². The summed E-state index contributed by atoms with van der Waals surface area (Å²) in [6, 6.07) is 2.21. The van der Waals surface area contributed by atoms with Crippen LogP contribution in [0.3, 0.4) is 0 Å². The maximum atomic E-state index is 11.3. The molecule has 1 fully saturated rings. The van der Waals surface area contributed by atoms with Gasteiger partial charge in [0.2, 0.25) is 0 Å². The molecule has 6 nitrogen and oxygen atoms in total. The van der Waals surface area contributed by atoms with Gasteiger partial charge in [0.1, 0.15) is 0 Å². The first-order valence-corrected chi connectivity index (χ1v) is 6.70. The molecule has 1 aliphatic rings. The summed E-state index contributed by atoms with van der Waals surface area (Å²) in [5.74, 6) is -1.24. The molecule has 0 aromatic heterocycles. The second kappa shape index (κ2) is 5.28. The first-order chi connectivity index (χ1) is 9.32. The fourth-order valence-electron chi connectivity index (χ4n) is 2.58. The molecule has 7 heteroatoms. The number of carboxylic acid groups (broad SMARTS) is 1. The van der Waals surface area contributed by atoms with Crippen LogP contribution in [0.4, 0.5) is 11.4 Å². The van der Waals surface area contributed by atoms with Crippen LogP contribution in [0.5, 0.6) is 0 Å². The number of hydrogen-bond acceptors (Lipinski definition) is 4. The molecule has 0 spiro atoms. The van der Waals surface area contributed by atoms with Crippen molar-refractivity contribution in [2.24, 2.45) is 0 Å². The van der Waals surface area contributed by atoms with E-state index in [1.807, 2.05) is 6.92 Å². The van der Waals surface area contributed by atoms with E-state index < -0.39 is 10.9 Å². The molecule has 2 N–H and O–H groups in total. The van der Waals surface area contributed by atoms with E-state index in [1.165, 1.54) is 6.07 Å². The molecule has 0 aliphatic heterocycles. The number of nitrogens with one attached hydrogen (secondary N) is 1. The summed E-state index contributed by atoms with van der Waals surface area (Å²) < 4.78 is 0. The maximum Gasteiger partial charge on any atom is 0.338 e. The Morgan fingerprint density at radius 3 is 2.55 bits per heavy atom. The van der Waals surface area contributed by atoms with E-state index in [1.54, 1.807) is 0 Å². The first-order valence-electron chi connectivity index (χ1n) is 6.32. The summed E-state index contributed by atoms with van der Waals surface area (Å²) in [4.78, 5) is 21.4. The third-order valence-corrected chi connectivity index (χ3v) is 3.95. The summed E-state index contributed by atoms with van der Waals surface area (Å²) >= 11 is 6.03. The van der Waals surface area contributed by atoms with E-state index in [9.17, 15) is 20.0 Å². The van der Waals surface area contributed by atoms with Crippen LogP contribution in [0.2, 0.25) is 5.02 Å². The number of non-ortho nitro benzene ring substituents is 1. The minimum Gasteiger partial charge on any atom is -0.478 e. The summed E-state index contributed by atoms with van der Waals surface area (Å²) in [5, 5.41) is 23.2. The second-order valence-electron chi connectivity index (χ2n) is 5.31. The Morgan fingerprint density at radius 1 is 1.45 bits per heavy atom. The normalized spacial score (nSPS) is 16.9. The topological polar surface area (TPSA) is 92.5 Å². The largest absolute Gasteiger partial charge is 0.478 e. The fourth-order valence-corrected chi connectivity index (χ4v) is 2.84. The van der Waals surface area contributed by atoms with E-state index in [0.29, 0.717) is 0 Å². The molecular weight excluding hydrogens is 284 g/mol. The molecule has 1 saturated carbocycles. The van der Waals surface area contributed by atoms with E-state index in [2.05, 4.69) is 5.32 Å². The molecular formula is C13H15ClN2O4. The lowest BCUT2D eigenvalue weighted by Crippen LogP contribution is -2.31. The van der Waals surface area contributed by atoms with Gasteiger partial charge in [-0.25, -0.2) is 4.79 Å². The molecule has 1 aromatic carbocycles.